The minimum Gasteiger partial charge on any atom is -0.339 e. The van der Waals surface area contributed by atoms with Crippen LogP contribution < -0.4 is 16.0 Å². The molecule has 0 aliphatic rings. The van der Waals surface area contributed by atoms with Crippen LogP contribution in [0, 0.1) is 15.9 Å². The van der Waals surface area contributed by atoms with E-state index in [0.29, 0.717) is 0 Å². The molecule has 0 saturated heterocycles. The van der Waals surface area contributed by atoms with E-state index in [1.54, 1.807) is 0 Å². The summed E-state index contributed by atoms with van der Waals surface area (Å²) in [5.74, 6) is -2.18. The van der Waals surface area contributed by atoms with Crippen molar-refractivity contribution in [1.82, 2.24) is 10.6 Å². The van der Waals surface area contributed by atoms with E-state index in [0.717, 1.165) is 23.3 Å². The zero-order chi connectivity index (χ0) is 25.6. The number of nitrogens with zero attached hydrogens (tertiary/aromatic N) is 1. The van der Waals surface area contributed by atoms with E-state index in [9.17, 15) is 19.3 Å². The molecule has 3 N–H and O–H groups in total. The van der Waals surface area contributed by atoms with Crippen molar-refractivity contribution in [2.24, 2.45) is 0 Å². The maximum Gasteiger partial charge on any atom is 0.306 e. The van der Waals surface area contributed by atoms with Crippen molar-refractivity contribution < 1.29 is 14.1 Å². The van der Waals surface area contributed by atoms with Crippen molar-refractivity contribution in [2.75, 3.05) is 5.32 Å². The molecular formula is C23H18Cl3FN4O3S. The monoisotopic (exact) mass is 554 g/mol. The molecule has 0 saturated carbocycles. The minimum atomic E-state index is -2.03. The molecule has 0 spiro atoms. The Balaban J connectivity index is 1.80. The summed E-state index contributed by atoms with van der Waals surface area (Å²) in [5, 5.41) is 18.9. The Morgan fingerprint density at radius 3 is 1.97 bits per heavy atom. The number of thiocarbonyl (C=S) groups is 1. The lowest BCUT2D eigenvalue weighted by molar-refractivity contribution is -0.387. The topological polar surface area (TPSA) is 96.3 Å². The summed E-state index contributed by atoms with van der Waals surface area (Å²) in [7, 11) is 0. The van der Waals surface area contributed by atoms with E-state index in [-0.39, 0.29) is 10.8 Å². The van der Waals surface area contributed by atoms with Crippen LogP contribution in [-0.4, -0.2) is 25.9 Å². The highest BCUT2D eigenvalue weighted by Gasteiger charge is 2.36. The number of nitro groups is 1. The highest BCUT2D eigenvalue weighted by molar-refractivity contribution is 7.80. The summed E-state index contributed by atoms with van der Waals surface area (Å²) in [4.78, 5) is 23.5. The first-order chi connectivity index (χ1) is 16.6. The third kappa shape index (κ3) is 7.25. The largest absolute Gasteiger partial charge is 0.339 e. The van der Waals surface area contributed by atoms with E-state index in [1.807, 2.05) is 60.7 Å². The fraction of sp³-hybridized carbons (Fsp3) is 0.130. The number of hydrogen-bond acceptors (Lipinski definition) is 4. The van der Waals surface area contributed by atoms with E-state index in [4.69, 9.17) is 47.0 Å². The van der Waals surface area contributed by atoms with Crippen molar-refractivity contribution in [3.63, 3.8) is 0 Å². The van der Waals surface area contributed by atoms with Crippen molar-refractivity contribution in [3.05, 3.63) is 106 Å². The van der Waals surface area contributed by atoms with Gasteiger partial charge in [-0.05, 0) is 35.5 Å². The smallest absolute Gasteiger partial charge is 0.306 e. The second-order valence-electron chi connectivity index (χ2n) is 7.26. The molecule has 3 aromatic carbocycles. The van der Waals surface area contributed by atoms with E-state index >= 15 is 0 Å². The molecule has 7 nitrogen and oxygen atoms in total. The number of nitro benzene ring substituents is 1. The molecule has 0 unspecified atom stereocenters. The third-order valence-corrected chi connectivity index (χ3v) is 5.69. The maximum atomic E-state index is 13.6. The number of carbonyl (C=O) groups excluding carboxylic acids is 1. The number of anilines is 1. The molecule has 0 bridgehead atoms. The number of alkyl halides is 3. The Morgan fingerprint density at radius 1 is 0.943 bits per heavy atom. The first kappa shape index (κ1) is 26.6. The van der Waals surface area contributed by atoms with Gasteiger partial charge >= 0.3 is 5.69 Å². The number of rotatable bonds is 7. The molecule has 1 amide bonds. The van der Waals surface area contributed by atoms with Gasteiger partial charge < -0.3 is 16.0 Å². The molecule has 35 heavy (non-hydrogen) atoms. The Morgan fingerprint density at radius 2 is 1.49 bits per heavy atom. The average molecular weight is 556 g/mol. The van der Waals surface area contributed by atoms with E-state index in [1.165, 1.54) is 6.07 Å². The second-order valence-corrected chi connectivity index (χ2v) is 10.0. The van der Waals surface area contributed by atoms with E-state index in [2.05, 4.69) is 16.0 Å². The minimum absolute atomic E-state index is 0.122. The summed E-state index contributed by atoms with van der Waals surface area (Å²) in [5.41, 5.74) is 0.825. The summed E-state index contributed by atoms with van der Waals surface area (Å²) in [6.07, 6.45) is -1.29. The van der Waals surface area contributed by atoms with Gasteiger partial charge in [0.15, 0.2) is 5.11 Å². The van der Waals surface area contributed by atoms with Crippen molar-refractivity contribution in [1.29, 1.82) is 0 Å². The van der Waals surface area contributed by atoms with Gasteiger partial charge in [-0.1, -0.05) is 95.5 Å². The van der Waals surface area contributed by atoms with Gasteiger partial charge in [0.1, 0.15) is 6.17 Å². The number of benzene rings is 3. The normalized spacial score (nSPS) is 12.0. The standard InChI is InChI=1S/C23H18Cl3FN4O3S/c24-23(25,26)21(30-22(35)28-16-11-12-17(27)18(13-16)31(33)34)29-20(32)19(14-7-3-1-4-8-14)15-9-5-2-6-10-15/h1-13,19,21H,(H,29,32)(H2,28,30,35)/t21-/m1/s1. The molecule has 0 fully saturated rings. The summed E-state index contributed by atoms with van der Waals surface area (Å²) >= 11 is 23.5. The van der Waals surface area contributed by atoms with Crippen LogP contribution in [0.1, 0.15) is 17.0 Å². The summed E-state index contributed by atoms with van der Waals surface area (Å²) < 4.78 is 11.6. The number of halogens is 4. The summed E-state index contributed by atoms with van der Waals surface area (Å²) in [6.45, 7) is 0. The van der Waals surface area contributed by atoms with Crippen molar-refractivity contribution in [3.8, 4) is 0 Å². The Bertz CT molecular complexity index is 1170. The molecular weight excluding hydrogens is 538 g/mol. The highest BCUT2D eigenvalue weighted by atomic mass is 35.6. The predicted octanol–water partition coefficient (Wildman–Crippen LogP) is 5.66. The van der Waals surface area contributed by atoms with Crippen LogP contribution in [-0.2, 0) is 4.79 Å². The zero-order valence-corrected chi connectivity index (χ0v) is 20.8. The first-order valence-corrected chi connectivity index (χ1v) is 11.6. The quantitative estimate of drug-likeness (QED) is 0.114. The van der Waals surface area contributed by atoms with Crippen LogP contribution in [0.15, 0.2) is 78.9 Å². The molecule has 12 heteroatoms. The van der Waals surface area contributed by atoms with Gasteiger partial charge in [0.25, 0.3) is 0 Å². The fourth-order valence-corrected chi connectivity index (χ4v) is 3.80. The van der Waals surface area contributed by atoms with Gasteiger partial charge in [-0.3, -0.25) is 14.9 Å². The molecule has 3 aromatic rings. The fourth-order valence-electron chi connectivity index (χ4n) is 3.24. The Kier molecular flexibility index (Phi) is 8.85. The maximum absolute atomic E-state index is 13.6. The number of carbonyl (C=O) groups is 1. The van der Waals surface area contributed by atoms with Gasteiger partial charge in [0.2, 0.25) is 15.5 Å². The van der Waals surface area contributed by atoms with Gasteiger partial charge in [-0.25, -0.2) is 0 Å². The third-order valence-electron chi connectivity index (χ3n) is 4.82. The second kappa shape index (κ2) is 11.6. The molecule has 0 aliphatic carbocycles. The Labute approximate surface area is 220 Å². The lowest BCUT2D eigenvalue weighted by atomic mass is 9.90. The van der Waals surface area contributed by atoms with Gasteiger partial charge in [0, 0.05) is 11.8 Å². The molecule has 0 aromatic heterocycles. The first-order valence-electron chi connectivity index (χ1n) is 10.0. The van der Waals surface area contributed by atoms with Crippen LogP contribution >= 0.6 is 47.0 Å². The SMILES string of the molecule is O=C(N[C@H](NC(=S)Nc1ccc(F)c([N+](=O)[O-])c1)C(Cl)(Cl)Cl)C(c1ccccc1)c1ccccc1. The van der Waals surface area contributed by atoms with Crippen LogP contribution in [0.25, 0.3) is 0 Å². The summed E-state index contributed by atoms with van der Waals surface area (Å²) in [6, 6.07) is 21.3. The average Bonchev–Trinajstić information content (AvgIpc) is 2.80. The number of nitrogens with one attached hydrogen (secondary N) is 3. The molecule has 0 heterocycles. The lowest BCUT2D eigenvalue weighted by Crippen LogP contribution is -2.57. The molecule has 0 radical (unpaired) electrons. The van der Waals surface area contributed by atoms with Crippen molar-refractivity contribution in [2.45, 2.75) is 15.9 Å². The van der Waals surface area contributed by atoms with Crippen LogP contribution in [0.2, 0.25) is 0 Å². The van der Waals surface area contributed by atoms with Gasteiger partial charge in [-0.15, -0.1) is 0 Å². The number of hydrogen-bond donors (Lipinski definition) is 3. The van der Waals surface area contributed by atoms with Crippen LogP contribution in [0.4, 0.5) is 15.8 Å². The molecule has 182 valence electrons. The van der Waals surface area contributed by atoms with Crippen LogP contribution in [0.5, 0.6) is 0 Å². The highest BCUT2D eigenvalue weighted by Crippen LogP contribution is 2.31. The van der Waals surface area contributed by atoms with Crippen LogP contribution in [0.3, 0.4) is 0 Å². The predicted molar refractivity (Wildman–Crippen MR) is 139 cm³/mol. The number of amides is 1. The van der Waals surface area contributed by atoms with Gasteiger partial charge in [-0.2, -0.15) is 4.39 Å². The molecule has 3 rings (SSSR count). The Hall–Kier alpha value is -2.98. The molecule has 0 aliphatic heterocycles. The van der Waals surface area contributed by atoms with Gasteiger partial charge in [0.05, 0.1) is 10.8 Å². The van der Waals surface area contributed by atoms with Crippen molar-refractivity contribution >= 4 is 69.4 Å². The molecule has 1 atom stereocenters. The lowest BCUT2D eigenvalue weighted by Gasteiger charge is -2.29. The zero-order valence-electron chi connectivity index (χ0n) is 17.8. The van der Waals surface area contributed by atoms with E-state index < -0.39 is 38.2 Å².